The first-order valence-electron chi connectivity index (χ1n) is 10.7. The lowest BCUT2D eigenvalue weighted by molar-refractivity contribution is 0.0593. The molecule has 0 atom stereocenters. The van der Waals surface area contributed by atoms with Gasteiger partial charge in [-0.05, 0) is 56.7 Å². The molecule has 1 aromatic heterocycles. The van der Waals surface area contributed by atoms with E-state index in [1.807, 2.05) is 57.2 Å². The highest BCUT2D eigenvalue weighted by molar-refractivity contribution is 6.30. The number of piperidine rings is 1. The molecule has 0 bridgehead atoms. The average Bonchev–Trinajstić information content (AvgIpc) is 2.76. The van der Waals surface area contributed by atoms with Gasteiger partial charge in [-0.1, -0.05) is 29.8 Å². The van der Waals surface area contributed by atoms with E-state index in [0.717, 1.165) is 35.1 Å². The summed E-state index contributed by atoms with van der Waals surface area (Å²) in [6.45, 7) is 6.93. The van der Waals surface area contributed by atoms with E-state index in [1.54, 1.807) is 21.6 Å². The summed E-state index contributed by atoms with van der Waals surface area (Å²) < 4.78 is 7.77. The lowest BCUT2D eigenvalue weighted by Crippen LogP contribution is -2.44. The second kappa shape index (κ2) is 8.75. The molecule has 162 valence electrons. The second-order valence-electron chi connectivity index (χ2n) is 8.35. The number of aromatic nitrogens is 1. The van der Waals surface area contributed by atoms with Crippen LogP contribution in [-0.2, 0) is 0 Å². The average molecular weight is 439 g/mol. The van der Waals surface area contributed by atoms with Crippen molar-refractivity contribution in [2.24, 2.45) is 0 Å². The number of likely N-dealkylation sites (tertiary alicyclic amines) is 1. The molecule has 4 rings (SSSR count). The maximum absolute atomic E-state index is 13.4. The lowest BCUT2D eigenvalue weighted by Gasteiger charge is -2.32. The largest absolute Gasteiger partial charge is 0.490 e. The monoisotopic (exact) mass is 438 g/mol. The minimum absolute atomic E-state index is 0.0373. The van der Waals surface area contributed by atoms with Crippen molar-refractivity contribution in [3.8, 4) is 5.75 Å². The maximum atomic E-state index is 13.4. The van der Waals surface area contributed by atoms with E-state index >= 15 is 0 Å². The van der Waals surface area contributed by atoms with Crippen LogP contribution in [0.5, 0.6) is 5.75 Å². The van der Waals surface area contributed by atoms with Crippen molar-refractivity contribution in [1.29, 1.82) is 0 Å². The van der Waals surface area contributed by atoms with E-state index in [9.17, 15) is 9.59 Å². The third kappa shape index (κ3) is 4.19. The molecule has 6 heteroatoms. The van der Waals surface area contributed by atoms with Crippen LogP contribution in [0.25, 0.3) is 10.9 Å². The van der Waals surface area contributed by atoms with Gasteiger partial charge in [0.25, 0.3) is 11.5 Å². The van der Waals surface area contributed by atoms with Crippen LogP contribution in [0, 0.1) is 6.92 Å². The minimum atomic E-state index is -0.212. The predicted octanol–water partition coefficient (Wildman–Crippen LogP) is 5.23. The Morgan fingerprint density at radius 1 is 1.06 bits per heavy atom. The van der Waals surface area contributed by atoms with Crippen molar-refractivity contribution >= 4 is 28.4 Å². The van der Waals surface area contributed by atoms with Crippen LogP contribution in [0.1, 0.15) is 48.7 Å². The fourth-order valence-corrected chi connectivity index (χ4v) is 4.46. The van der Waals surface area contributed by atoms with Crippen molar-refractivity contribution < 1.29 is 9.53 Å². The van der Waals surface area contributed by atoms with E-state index in [0.29, 0.717) is 18.1 Å². The van der Waals surface area contributed by atoms with Crippen LogP contribution in [0.4, 0.5) is 0 Å². The highest BCUT2D eigenvalue weighted by Gasteiger charge is 2.29. The number of carbonyl (C=O) groups excluding carboxylic acids is 1. The zero-order valence-corrected chi connectivity index (χ0v) is 18.9. The molecule has 2 aromatic carbocycles. The van der Waals surface area contributed by atoms with E-state index in [4.69, 9.17) is 16.3 Å². The summed E-state index contributed by atoms with van der Waals surface area (Å²) in [5.41, 5.74) is 1.69. The molecular formula is C25H27ClN2O3. The highest BCUT2D eigenvalue weighted by Crippen LogP contribution is 2.25. The summed E-state index contributed by atoms with van der Waals surface area (Å²) in [7, 11) is 0. The molecule has 1 amide bonds. The van der Waals surface area contributed by atoms with Gasteiger partial charge in [0.15, 0.2) is 0 Å². The molecule has 0 aliphatic carbocycles. The van der Waals surface area contributed by atoms with E-state index in [1.165, 1.54) is 0 Å². The van der Waals surface area contributed by atoms with Gasteiger partial charge in [0, 0.05) is 42.4 Å². The van der Waals surface area contributed by atoms with Crippen LogP contribution >= 0.6 is 11.6 Å². The van der Waals surface area contributed by atoms with Gasteiger partial charge in [0.05, 0.1) is 5.52 Å². The van der Waals surface area contributed by atoms with Crippen LogP contribution < -0.4 is 10.3 Å². The van der Waals surface area contributed by atoms with Crippen molar-refractivity contribution in [1.82, 2.24) is 9.47 Å². The number of benzene rings is 2. The number of fused-ring (bicyclic) bond motifs is 1. The Bertz CT molecular complexity index is 1160. The highest BCUT2D eigenvalue weighted by atomic mass is 35.5. The molecule has 1 aliphatic rings. The molecule has 0 unspecified atom stereocenters. The second-order valence-corrected chi connectivity index (χ2v) is 8.79. The summed E-state index contributed by atoms with van der Waals surface area (Å²) in [6.07, 6.45) is 1.48. The number of pyridine rings is 1. The first-order valence-corrected chi connectivity index (χ1v) is 11.1. The Hall–Kier alpha value is -2.79. The molecule has 1 aliphatic heterocycles. The molecule has 0 spiro atoms. The topological polar surface area (TPSA) is 51.5 Å². The molecule has 3 aromatic rings. The molecule has 1 saturated heterocycles. The zero-order valence-electron chi connectivity index (χ0n) is 18.1. The van der Waals surface area contributed by atoms with E-state index in [-0.39, 0.29) is 29.2 Å². The molecule has 0 radical (unpaired) electrons. The molecule has 5 nitrogen and oxygen atoms in total. The van der Waals surface area contributed by atoms with Gasteiger partial charge >= 0.3 is 0 Å². The summed E-state index contributed by atoms with van der Waals surface area (Å²) in [6, 6.07) is 15.1. The number of halogens is 1. The third-order valence-corrected chi connectivity index (χ3v) is 6.20. The molecule has 0 saturated carbocycles. The number of carbonyl (C=O) groups is 1. The van der Waals surface area contributed by atoms with Gasteiger partial charge in [-0.2, -0.15) is 0 Å². The van der Waals surface area contributed by atoms with Crippen molar-refractivity contribution in [2.45, 2.75) is 45.8 Å². The van der Waals surface area contributed by atoms with Crippen molar-refractivity contribution in [3.63, 3.8) is 0 Å². The Kier molecular flexibility index (Phi) is 6.05. The Balaban J connectivity index is 1.56. The van der Waals surface area contributed by atoms with Gasteiger partial charge in [-0.25, -0.2) is 0 Å². The molecule has 31 heavy (non-hydrogen) atoms. The Morgan fingerprint density at radius 2 is 1.71 bits per heavy atom. The quantitative estimate of drug-likeness (QED) is 0.560. The van der Waals surface area contributed by atoms with Crippen LogP contribution in [0.2, 0.25) is 5.02 Å². The first kappa shape index (κ1) is 21.4. The number of hydrogen-bond donors (Lipinski definition) is 0. The first-order chi connectivity index (χ1) is 14.9. The smallest absolute Gasteiger partial charge is 0.264 e. The number of ether oxygens (including phenoxy) is 1. The molecular weight excluding hydrogens is 412 g/mol. The third-order valence-electron chi connectivity index (χ3n) is 5.95. The molecule has 2 heterocycles. The SMILES string of the molecule is Cc1c(C(=O)N2CCC(Oc3ccc(Cl)cc3)CC2)c(=O)n(C(C)C)c2ccccc12. The minimum Gasteiger partial charge on any atom is -0.490 e. The van der Waals surface area contributed by atoms with Crippen LogP contribution in [0.15, 0.2) is 53.3 Å². The number of aryl methyl sites for hydroxylation is 1. The van der Waals surface area contributed by atoms with Crippen molar-refractivity contribution in [3.05, 3.63) is 75.0 Å². The van der Waals surface area contributed by atoms with Gasteiger partial charge in [0.1, 0.15) is 17.4 Å². The number of rotatable bonds is 4. The van der Waals surface area contributed by atoms with Gasteiger partial charge in [-0.3, -0.25) is 9.59 Å². The lowest BCUT2D eigenvalue weighted by atomic mass is 10.0. The Labute approximate surface area is 187 Å². The maximum Gasteiger partial charge on any atom is 0.264 e. The number of nitrogens with zero attached hydrogens (tertiary/aromatic N) is 2. The Morgan fingerprint density at radius 3 is 2.35 bits per heavy atom. The number of amides is 1. The van der Waals surface area contributed by atoms with Gasteiger partial charge in [-0.15, -0.1) is 0 Å². The van der Waals surface area contributed by atoms with Crippen molar-refractivity contribution in [2.75, 3.05) is 13.1 Å². The zero-order chi connectivity index (χ0) is 22.1. The van der Waals surface area contributed by atoms with Gasteiger partial charge in [0.2, 0.25) is 0 Å². The summed E-state index contributed by atoms with van der Waals surface area (Å²) in [4.78, 5) is 28.5. The van der Waals surface area contributed by atoms with E-state index < -0.39 is 0 Å². The predicted molar refractivity (Wildman–Crippen MR) is 124 cm³/mol. The van der Waals surface area contributed by atoms with Crippen LogP contribution in [-0.4, -0.2) is 34.6 Å². The van der Waals surface area contributed by atoms with Crippen LogP contribution in [0.3, 0.4) is 0 Å². The summed E-state index contributed by atoms with van der Waals surface area (Å²) in [5, 5.41) is 1.62. The fourth-order valence-electron chi connectivity index (χ4n) is 4.33. The van der Waals surface area contributed by atoms with E-state index in [2.05, 4.69) is 0 Å². The van der Waals surface area contributed by atoms with Gasteiger partial charge < -0.3 is 14.2 Å². The normalized spacial score (nSPS) is 14.9. The number of para-hydroxylation sites is 1. The molecule has 0 N–H and O–H groups in total. The summed E-state index contributed by atoms with van der Waals surface area (Å²) in [5.74, 6) is 0.590. The summed E-state index contributed by atoms with van der Waals surface area (Å²) >= 11 is 5.93. The number of hydrogen-bond acceptors (Lipinski definition) is 3. The molecule has 1 fully saturated rings. The fraction of sp³-hybridized carbons (Fsp3) is 0.360. The standard InChI is InChI=1S/C25H27ClN2O3/c1-16(2)28-22-7-5-4-6-21(22)17(3)23(25(28)30)24(29)27-14-12-20(13-15-27)31-19-10-8-18(26)9-11-19/h4-11,16,20H,12-15H2,1-3H3.